The standard InChI is InChI=1S/C10H5BrF2N2O4S2/c11-4-1-5(12)7(6(13)2-4)15-21(18,19)10-8(9(16)17)14-3-20-10/h1-3,15H,(H,16,17). The summed E-state index contributed by atoms with van der Waals surface area (Å²) >= 11 is 3.38. The zero-order valence-electron chi connectivity index (χ0n) is 9.80. The average molecular weight is 399 g/mol. The van der Waals surface area contributed by atoms with Crippen LogP contribution in [0, 0.1) is 11.6 Å². The summed E-state index contributed by atoms with van der Waals surface area (Å²) < 4.78 is 52.4. The van der Waals surface area contributed by atoms with Gasteiger partial charge in [0.15, 0.2) is 21.5 Å². The van der Waals surface area contributed by atoms with E-state index in [1.807, 2.05) is 0 Å². The predicted octanol–water partition coefficient (Wildman–Crippen LogP) is 2.68. The summed E-state index contributed by atoms with van der Waals surface area (Å²) in [6, 6.07) is 1.73. The molecule has 0 aliphatic carbocycles. The van der Waals surface area contributed by atoms with Crippen molar-refractivity contribution >= 4 is 48.9 Å². The Hall–Kier alpha value is -1.59. The SMILES string of the molecule is O=C(O)c1ncsc1S(=O)(=O)Nc1c(F)cc(Br)cc1F. The number of anilines is 1. The molecule has 0 atom stereocenters. The predicted molar refractivity (Wildman–Crippen MR) is 73.9 cm³/mol. The summed E-state index contributed by atoms with van der Waals surface area (Å²) in [7, 11) is -4.47. The largest absolute Gasteiger partial charge is 0.476 e. The number of aromatic carboxylic acids is 1. The smallest absolute Gasteiger partial charge is 0.356 e. The molecule has 0 aliphatic rings. The number of nitrogens with one attached hydrogen (secondary N) is 1. The number of hydrogen-bond acceptors (Lipinski definition) is 5. The highest BCUT2D eigenvalue weighted by Gasteiger charge is 2.27. The Morgan fingerprint density at radius 1 is 1.33 bits per heavy atom. The molecule has 1 heterocycles. The molecule has 2 aromatic rings. The highest BCUT2D eigenvalue weighted by Crippen LogP contribution is 2.28. The third-order valence-electron chi connectivity index (χ3n) is 2.22. The number of carboxylic acid groups (broad SMARTS) is 1. The summed E-state index contributed by atoms with van der Waals surface area (Å²) in [6.45, 7) is 0. The topological polar surface area (TPSA) is 96.4 Å². The van der Waals surface area contributed by atoms with Gasteiger partial charge in [-0.3, -0.25) is 4.72 Å². The van der Waals surface area contributed by atoms with Gasteiger partial charge >= 0.3 is 5.97 Å². The third-order valence-corrected chi connectivity index (χ3v) is 5.40. The number of sulfonamides is 1. The van der Waals surface area contributed by atoms with E-state index < -0.39 is 43.2 Å². The molecule has 2 rings (SSSR count). The van der Waals surface area contributed by atoms with Crippen LogP contribution in [-0.4, -0.2) is 24.5 Å². The van der Waals surface area contributed by atoms with Crippen molar-refractivity contribution in [2.45, 2.75) is 4.21 Å². The summed E-state index contributed by atoms with van der Waals surface area (Å²) in [5.74, 6) is -3.85. The van der Waals surface area contributed by atoms with E-state index in [0.29, 0.717) is 11.3 Å². The van der Waals surface area contributed by atoms with Crippen molar-refractivity contribution in [2.75, 3.05) is 4.72 Å². The summed E-state index contributed by atoms with van der Waals surface area (Å²) in [4.78, 5) is 14.2. The molecule has 6 nitrogen and oxygen atoms in total. The van der Waals surface area contributed by atoms with E-state index >= 15 is 0 Å². The van der Waals surface area contributed by atoms with Crippen LogP contribution < -0.4 is 4.72 Å². The fourth-order valence-corrected chi connectivity index (χ4v) is 4.01. The summed E-state index contributed by atoms with van der Waals surface area (Å²) in [5.41, 5.74) is -0.611. The van der Waals surface area contributed by atoms with Gasteiger partial charge in [-0.05, 0) is 12.1 Å². The van der Waals surface area contributed by atoms with Crippen LogP contribution in [0.15, 0.2) is 26.3 Å². The molecule has 1 aromatic carbocycles. The number of hydrogen-bond donors (Lipinski definition) is 2. The monoisotopic (exact) mass is 398 g/mol. The van der Waals surface area contributed by atoms with E-state index in [-0.39, 0.29) is 4.47 Å². The molecule has 0 spiro atoms. The molecule has 0 radical (unpaired) electrons. The second-order valence-electron chi connectivity index (χ2n) is 3.64. The van der Waals surface area contributed by atoms with Crippen molar-refractivity contribution in [3.63, 3.8) is 0 Å². The van der Waals surface area contributed by atoms with Gasteiger partial charge in [-0.15, -0.1) is 11.3 Å². The molecule has 0 aliphatic heterocycles. The second kappa shape index (κ2) is 5.66. The van der Waals surface area contributed by atoms with Gasteiger partial charge in [0, 0.05) is 4.47 Å². The van der Waals surface area contributed by atoms with Crippen LogP contribution in [0.3, 0.4) is 0 Å². The minimum Gasteiger partial charge on any atom is -0.476 e. The first kappa shape index (κ1) is 15.8. The molecule has 11 heteroatoms. The Bertz CT molecular complexity index is 799. The van der Waals surface area contributed by atoms with Crippen molar-refractivity contribution in [3.05, 3.63) is 39.4 Å². The molecule has 0 unspecified atom stereocenters. The van der Waals surface area contributed by atoms with Crippen molar-refractivity contribution in [2.24, 2.45) is 0 Å². The fraction of sp³-hybridized carbons (Fsp3) is 0. The summed E-state index contributed by atoms with van der Waals surface area (Å²) in [6.07, 6.45) is 0. The Labute approximate surface area is 129 Å². The quantitative estimate of drug-likeness (QED) is 0.824. The van der Waals surface area contributed by atoms with Gasteiger partial charge in [0.05, 0.1) is 5.51 Å². The lowest BCUT2D eigenvalue weighted by atomic mass is 10.3. The summed E-state index contributed by atoms with van der Waals surface area (Å²) in [5, 5.41) is 8.83. The van der Waals surface area contributed by atoms with Crippen molar-refractivity contribution in [3.8, 4) is 0 Å². The van der Waals surface area contributed by atoms with E-state index in [4.69, 9.17) is 5.11 Å². The lowest BCUT2D eigenvalue weighted by Crippen LogP contribution is -2.17. The molecule has 0 saturated heterocycles. The van der Waals surface area contributed by atoms with Crippen molar-refractivity contribution < 1.29 is 27.1 Å². The molecular weight excluding hydrogens is 394 g/mol. The molecule has 0 amide bonds. The van der Waals surface area contributed by atoms with E-state index in [2.05, 4.69) is 20.9 Å². The highest BCUT2D eigenvalue weighted by molar-refractivity contribution is 9.10. The van der Waals surface area contributed by atoms with Crippen molar-refractivity contribution in [1.82, 2.24) is 4.98 Å². The maximum Gasteiger partial charge on any atom is 0.356 e. The van der Waals surface area contributed by atoms with Crippen LogP contribution in [0.4, 0.5) is 14.5 Å². The Kier molecular flexibility index (Phi) is 4.25. The number of rotatable bonds is 4. The fourth-order valence-electron chi connectivity index (χ4n) is 1.39. The molecular formula is C10H5BrF2N2O4S2. The van der Waals surface area contributed by atoms with Crippen LogP contribution in [0.5, 0.6) is 0 Å². The van der Waals surface area contributed by atoms with Crippen LogP contribution in [-0.2, 0) is 10.0 Å². The minimum atomic E-state index is -4.47. The molecule has 2 N–H and O–H groups in total. The van der Waals surface area contributed by atoms with Gasteiger partial charge in [0.25, 0.3) is 10.0 Å². The van der Waals surface area contributed by atoms with E-state index in [0.717, 1.165) is 17.6 Å². The van der Waals surface area contributed by atoms with E-state index in [1.54, 1.807) is 4.72 Å². The molecule has 0 bridgehead atoms. The maximum atomic E-state index is 13.6. The third kappa shape index (κ3) is 3.19. The molecule has 1 aromatic heterocycles. The minimum absolute atomic E-state index is 0.0875. The van der Waals surface area contributed by atoms with Gasteiger partial charge in [-0.25, -0.2) is 27.0 Å². The number of halogens is 3. The molecule has 112 valence electrons. The Morgan fingerprint density at radius 2 is 1.90 bits per heavy atom. The van der Waals surface area contributed by atoms with Gasteiger partial charge < -0.3 is 5.11 Å². The number of carbonyl (C=O) groups is 1. The number of carboxylic acids is 1. The van der Waals surface area contributed by atoms with E-state index in [9.17, 15) is 22.0 Å². The lowest BCUT2D eigenvalue weighted by molar-refractivity contribution is 0.0687. The van der Waals surface area contributed by atoms with Crippen molar-refractivity contribution in [1.29, 1.82) is 0 Å². The Morgan fingerprint density at radius 3 is 2.43 bits per heavy atom. The van der Waals surface area contributed by atoms with Crippen LogP contribution in [0.25, 0.3) is 0 Å². The number of benzene rings is 1. The highest BCUT2D eigenvalue weighted by atomic mass is 79.9. The van der Waals surface area contributed by atoms with Crippen LogP contribution in [0.1, 0.15) is 10.5 Å². The first-order valence-electron chi connectivity index (χ1n) is 5.06. The number of nitrogens with zero attached hydrogens (tertiary/aromatic N) is 1. The zero-order valence-corrected chi connectivity index (χ0v) is 13.0. The number of thiazole rings is 1. The Balaban J connectivity index is 2.48. The van der Waals surface area contributed by atoms with Crippen LogP contribution in [0.2, 0.25) is 0 Å². The average Bonchev–Trinajstić information content (AvgIpc) is 2.83. The normalized spacial score (nSPS) is 11.4. The van der Waals surface area contributed by atoms with Gasteiger partial charge in [-0.1, -0.05) is 15.9 Å². The van der Waals surface area contributed by atoms with E-state index in [1.165, 1.54) is 0 Å². The number of aromatic nitrogens is 1. The molecule has 0 saturated carbocycles. The first-order chi connectivity index (χ1) is 9.72. The van der Waals surface area contributed by atoms with Crippen LogP contribution >= 0.6 is 27.3 Å². The molecule has 21 heavy (non-hydrogen) atoms. The van der Waals surface area contributed by atoms with Gasteiger partial charge in [-0.2, -0.15) is 0 Å². The maximum absolute atomic E-state index is 13.6. The van der Waals surface area contributed by atoms with Gasteiger partial charge in [0.1, 0.15) is 5.69 Å². The molecule has 0 fully saturated rings. The lowest BCUT2D eigenvalue weighted by Gasteiger charge is -2.09. The van der Waals surface area contributed by atoms with Gasteiger partial charge in [0.2, 0.25) is 0 Å². The second-order valence-corrected chi connectivity index (χ2v) is 7.29. The zero-order chi connectivity index (χ0) is 15.8. The first-order valence-corrected chi connectivity index (χ1v) is 8.22.